The van der Waals surface area contributed by atoms with Crippen LogP contribution in [0.4, 0.5) is 0 Å². The molecule has 0 bridgehead atoms. The van der Waals surface area contributed by atoms with Crippen molar-refractivity contribution < 1.29 is 9.15 Å². The molecule has 0 spiro atoms. The first-order chi connectivity index (χ1) is 16.8. The van der Waals surface area contributed by atoms with E-state index >= 15 is 0 Å². The maximum Gasteiger partial charge on any atom is 0.344 e. The highest BCUT2D eigenvalue weighted by molar-refractivity contribution is 7.99. The Hall–Kier alpha value is -4.02. The van der Waals surface area contributed by atoms with Crippen molar-refractivity contribution in [2.75, 3.05) is 0 Å². The molecule has 0 saturated heterocycles. The summed E-state index contributed by atoms with van der Waals surface area (Å²) in [6.45, 7) is 0. The van der Waals surface area contributed by atoms with E-state index in [-0.39, 0.29) is 11.5 Å². The molecule has 1 aliphatic heterocycles. The van der Waals surface area contributed by atoms with Gasteiger partial charge in [-0.3, -0.25) is 0 Å². The first-order valence-electron chi connectivity index (χ1n) is 11.1. The first-order valence-corrected chi connectivity index (χ1v) is 11.9. The minimum Gasteiger partial charge on any atom is -0.456 e. The van der Waals surface area contributed by atoms with E-state index in [1.54, 1.807) is 17.8 Å². The minimum atomic E-state index is -0.368. The summed E-state index contributed by atoms with van der Waals surface area (Å²) in [6, 6.07) is 36.1. The average Bonchev–Trinajstić information content (AvgIpc) is 2.90. The van der Waals surface area contributed by atoms with Crippen molar-refractivity contribution in [1.82, 2.24) is 0 Å². The van der Waals surface area contributed by atoms with E-state index in [0.717, 1.165) is 27.2 Å². The number of hydrogen-bond donors (Lipinski definition) is 0. The lowest BCUT2D eigenvalue weighted by Crippen LogP contribution is -2.19. The van der Waals surface area contributed by atoms with Gasteiger partial charge in [-0.2, -0.15) is 0 Å². The molecular weight excluding hydrogens is 440 g/mol. The van der Waals surface area contributed by atoms with Gasteiger partial charge in [0.2, 0.25) is 0 Å². The van der Waals surface area contributed by atoms with Crippen LogP contribution in [0.3, 0.4) is 0 Å². The number of benzene rings is 4. The van der Waals surface area contributed by atoms with Crippen molar-refractivity contribution in [2.45, 2.75) is 15.7 Å². The zero-order valence-corrected chi connectivity index (χ0v) is 19.0. The van der Waals surface area contributed by atoms with E-state index < -0.39 is 0 Å². The Labute approximate surface area is 201 Å². The molecule has 0 amide bonds. The molecule has 1 atom stereocenters. The van der Waals surface area contributed by atoms with Crippen LogP contribution in [0, 0.1) is 0 Å². The lowest BCUT2D eigenvalue weighted by molar-refractivity contribution is 0.472. The summed E-state index contributed by atoms with van der Waals surface area (Å²) in [4.78, 5) is 15.4. The maximum atomic E-state index is 13.0. The van der Waals surface area contributed by atoms with Crippen LogP contribution in [0.5, 0.6) is 5.75 Å². The van der Waals surface area contributed by atoms with E-state index in [1.807, 2.05) is 72.8 Å². The molecule has 164 valence electrons. The van der Waals surface area contributed by atoms with E-state index in [9.17, 15) is 4.79 Å². The van der Waals surface area contributed by atoms with Crippen molar-refractivity contribution >= 4 is 28.5 Å². The number of para-hydroxylation sites is 1. The molecule has 4 heteroatoms. The Morgan fingerprint density at radius 2 is 1.32 bits per heavy atom. The lowest BCUT2D eigenvalue weighted by Gasteiger charge is -2.25. The summed E-state index contributed by atoms with van der Waals surface area (Å²) in [6.07, 6.45) is 2.02. The molecule has 4 aromatic carbocycles. The summed E-state index contributed by atoms with van der Waals surface area (Å²) in [7, 11) is 0. The summed E-state index contributed by atoms with van der Waals surface area (Å²) >= 11 is 1.72. The largest absolute Gasteiger partial charge is 0.456 e. The van der Waals surface area contributed by atoms with Crippen LogP contribution in [-0.4, -0.2) is 0 Å². The Morgan fingerprint density at radius 1 is 0.676 bits per heavy atom. The quantitative estimate of drug-likeness (QED) is 0.260. The predicted octanol–water partition coefficient (Wildman–Crippen LogP) is 7.51. The van der Waals surface area contributed by atoms with Gasteiger partial charge in [0.05, 0.1) is 10.9 Å². The second-order valence-corrected chi connectivity index (χ2v) is 9.24. The molecule has 5 aromatic rings. The van der Waals surface area contributed by atoms with Crippen LogP contribution < -0.4 is 10.4 Å². The highest BCUT2D eigenvalue weighted by atomic mass is 32.2. The van der Waals surface area contributed by atoms with Gasteiger partial charge < -0.3 is 9.15 Å². The monoisotopic (exact) mass is 460 g/mol. The number of allylic oxidation sites excluding steroid dienone is 1. The van der Waals surface area contributed by atoms with Crippen LogP contribution in [-0.2, 0) is 0 Å². The van der Waals surface area contributed by atoms with Gasteiger partial charge in [0.25, 0.3) is 0 Å². The van der Waals surface area contributed by atoms with Gasteiger partial charge >= 0.3 is 5.63 Å². The van der Waals surface area contributed by atoms with Gasteiger partial charge in [-0.1, -0.05) is 84.6 Å². The molecule has 3 nitrogen and oxygen atoms in total. The zero-order valence-electron chi connectivity index (χ0n) is 18.2. The predicted molar refractivity (Wildman–Crippen MR) is 136 cm³/mol. The van der Waals surface area contributed by atoms with Crippen LogP contribution in [0.15, 0.2) is 134 Å². The van der Waals surface area contributed by atoms with Crippen LogP contribution >= 0.6 is 11.8 Å². The molecule has 1 unspecified atom stereocenters. The molecule has 0 fully saturated rings. The number of ether oxygens (including phenoxy) is 1. The van der Waals surface area contributed by atoms with Gasteiger partial charge in [0.15, 0.2) is 0 Å². The molecular formula is C30H20O3S. The van der Waals surface area contributed by atoms with Gasteiger partial charge in [-0.25, -0.2) is 4.79 Å². The third-order valence-corrected chi connectivity index (χ3v) is 6.93. The summed E-state index contributed by atoms with van der Waals surface area (Å²) < 4.78 is 12.1. The van der Waals surface area contributed by atoms with E-state index in [1.165, 1.54) is 4.90 Å². The van der Waals surface area contributed by atoms with Gasteiger partial charge in [-0.15, -0.1) is 0 Å². The third-order valence-electron chi connectivity index (χ3n) is 5.92. The Kier molecular flexibility index (Phi) is 5.28. The highest BCUT2D eigenvalue weighted by Gasteiger charge is 2.30. The van der Waals surface area contributed by atoms with Crippen LogP contribution in [0.1, 0.15) is 22.6 Å². The van der Waals surface area contributed by atoms with Crippen molar-refractivity contribution in [3.05, 3.63) is 142 Å². The smallest absolute Gasteiger partial charge is 0.344 e. The SMILES string of the molecule is O=c1oc2ccccc2c2c1C(c1ccccc1)C=C(c1ccc(Sc3ccccc3)cc1)O2. The van der Waals surface area contributed by atoms with Gasteiger partial charge in [0, 0.05) is 21.3 Å². The number of hydrogen-bond acceptors (Lipinski definition) is 4. The van der Waals surface area contributed by atoms with Crippen molar-refractivity contribution in [1.29, 1.82) is 0 Å². The summed E-state index contributed by atoms with van der Waals surface area (Å²) in [5.74, 6) is 1.04. The fraction of sp³-hybridized carbons (Fsp3) is 0.0333. The topological polar surface area (TPSA) is 39.4 Å². The second kappa shape index (κ2) is 8.73. The van der Waals surface area contributed by atoms with Crippen LogP contribution in [0.25, 0.3) is 16.7 Å². The summed E-state index contributed by atoms with van der Waals surface area (Å²) in [5.41, 5.74) is 2.66. The molecule has 0 radical (unpaired) electrons. The molecule has 1 aliphatic rings. The first kappa shape index (κ1) is 20.6. The van der Waals surface area contributed by atoms with E-state index in [4.69, 9.17) is 9.15 Å². The number of rotatable bonds is 4. The molecule has 0 N–H and O–H groups in total. The lowest BCUT2D eigenvalue weighted by atomic mass is 9.88. The van der Waals surface area contributed by atoms with Gasteiger partial charge in [0.1, 0.15) is 17.1 Å². The number of fused-ring (bicyclic) bond motifs is 3. The van der Waals surface area contributed by atoms with E-state index in [2.05, 4.69) is 36.4 Å². The molecule has 0 saturated carbocycles. The van der Waals surface area contributed by atoms with Crippen LogP contribution in [0.2, 0.25) is 0 Å². The van der Waals surface area contributed by atoms with Crippen molar-refractivity contribution in [2.24, 2.45) is 0 Å². The zero-order chi connectivity index (χ0) is 22.9. The summed E-state index contributed by atoms with van der Waals surface area (Å²) in [5, 5.41) is 0.792. The average molecular weight is 461 g/mol. The Bertz CT molecular complexity index is 1550. The molecule has 34 heavy (non-hydrogen) atoms. The normalized spacial score (nSPS) is 14.8. The van der Waals surface area contributed by atoms with Gasteiger partial charge in [-0.05, 0) is 48.0 Å². The molecule has 1 aromatic heterocycles. The Morgan fingerprint density at radius 3 is 2.09 bits per heavy atom. The molecule has 2 heterocycles. The van der Waals surface area contributed by atoms with Crippen molar-refractivity contribution in [3.63, 3.8) is 0 Å². The maximum absolute atomic E-state index is 13.0. The highest BCUT2D eigenvalue weighted by Crippen LogP contribution is 2.43. The fourth-order valence-electron chi connectivity index (χ4n) is 4.28. The Balaban J connectivity index is 1.44. The standard InChI is InChI=1S/C30H20O3S/c31-30-28-25(20-9-3-1-4-10-20)19-27(32-29(28)24-13-7-8-14-26(24)33-30)21-15-17-23(18-16-21)34-22-11-5-2-6-12-22/h1-19,25H. The third kappa shape index (κ3) is 3.82. The van der Waals surface area contributed by atoms with Crippen molar-refractivity contribution in [3.8, 4) is 5.75 Å². The van der Waals surface area contributed by atoms with E-state index in [0.29, 0.717) is 16.9 Å². The molecule has 6 rings (SSSR count). The molecule has 0 aliphatic carbocycles. The second-order valence-electron chi connectivity index (χ2n) is 8.09. The fourth-order valence-corrected chi connectivity index (χ4v) is 5.12. The minimum absolute atomic E-state index is 0.265.